The van der Waals surface area contributed by atoms with Crippen LogP contribution >= 0.6 is 0 Å². The van der Waals surface area contributed by atoms with E-state index >= 15 is 0 Å². The normalized spacial score (nSPS) is 19.1. The molecule has 1 N–H and O–H groups in total. The average molecular weight is 229 g/mol. The largest absolute Gasteiger partial charge is 0.308 e. The van der Waals surface area contributed by atoms with Crippen molar-refractivity contribution in [3.05, 3.63) is 29.8 Å². The summed E-state index contributed by atoms with van der Waals surface area (Å²) in [5.74, 6) is 1.96. The Hall–Kier alpha value is -1.75. The Morgan fingerprint density at radius 2 is 2.29 bits per heavy atom. The Morgan fingerprint density at radius 3 is 3.12 bits per heavy atom. The number of rotatable bonds is 1. The SMILES string of the molecule is Cc1cc(-c2nnc3n2CCNC3C)ccn1. The van der Waals surface area contributed by atoms with E-state index in [-0.39, 0.29) is 6.04 Å². The highest BCUT2D eigenvalue weighted by atomic mass is 15.3. The molecule has 1 aliphatic rings. The summed E-state index contributed by atoms with van der Waals surface area (Å²) in [4.78, 5) is 4.21. The zero-order chi connectivity index (χ0) is 11.8. The summed E-state index contributed by atoms with van der Waals surface area (Å²) < 4.78 is 2.19. The molecule has 3 rings (SSSR count). The van der Waals surface area contributed by atoms with Crippen molar-refractivity contribution in [3.8, 4) is 11.4 Å². The fourth-order valence-corrected chi connectivity index (χ4v) is 2.24. The minimum absolute atomic E-state index is 0.271. The maximum Gasteiger partial charge on any atom is 0.164 e. The summed E-state index contributed by atoms with van der Waals surface area (Å²) in [7, 11) is 0. The summed E-state index contributed by atoms with van der Waals surface area (Å²) in [6.07, 6.45) is 1.82. The van der Waals surface area contributed by atoms with Gasteiger partial charge >= 0.3 is 0 Å². The van der Waals surface area contributed by atoms with Crippen LogP contribution in [0.2, 0.25) is 0 Å². The lowest BCUT2D eigenvalue weighted by Gasteiger charge is -2.21. The summed E-state index contributed by atoms with van der Waals surface area (Å²) in [5, 5.41) is 12.0. The van der Waals surface area contributed by atoms with Crippen LogP contribution in [0.3, 0.4) is 0 Å². The van der Waals surface area contributed by atoms with Crippen molar-refractivity contribution in [2.24, 2.45) is 0 Å². The van der Waals surface area contributed by atoms with E-state index in [4.69, 9.17) is 0 Å². The van der Waals surface area contributed by atoms with Crippen LogP contribution in [-0.4, -0.2) is 26.3 Å². The second kappa shape index (κ2) is 3.92. The molecule has 0 aliphatic carbocycles. The zero-order valence-electron chi connectivity index (χ0n) is 10.0. The van der Waals surface area contributed by atoms with Crippen molar-refractivity contribution in [2.45, 2.75) is 26.4 Å². The minimum atomic E-state index is 0.271. The molecule has 17 heavy (non-hydrogen) atoms. The fourth-order valence-electron chi connectivity index (χ4n) is 2.24. The molecule has 2 aromatic heterocycles. The van der Waals surface area contributed by atoms with Crippen molar-refractivity contribution in [3.63, 3.8) is 0 Å². The van der Waals surface area contributed by atoms with Gasteiger partial charge in [0.25, 0.3) is 0 Å². The molecule has 1 unspecified atom stereocenters. The molecule has 0 amide bonds. The highest BCUT2D eigenvalue weighted by molar-refractivity contribution is 5.55. The van der Waals surface area contributed by atoms with E-state index in [9.17, 15) is 0 Å². The molecule has 0 radical (unpaired) electrons. The summed E-state index contributed by atoms with van der Waals surface area (Å²) in [6, 6.07) is 4.30. The van der Waals surface area contributed by atoms with E-state index < -0.39 is 0 Å². The molecule has 2 aromatic rings. The number of aryl methyl sites for hydroxylation is 1. The Labute approximate surface area is 99.9 Å². The molecule has 5 nitrogen and oxygen atoms in total. The summed E-state index contributed by atoms with van der Waals surface area (Å²) in [6.45, 7) is 5.98. The molecular weight excluding hydrogens is 214 g/mol. The zero-order valence-corrected chi connectivity index (χ0v) is 10.0. The molecular formula is C12H15N5. The first-order valence-corrected chi connectivity index (χ1v) is 5.85. The number of hydrogen-bond acceptors (Lipinski definition) is 4. The summed E-state index contributed by atoms with van der Waals surface area (Å²) >= 11 is 0. The van der Waals surface area contributed by atoms with Crippen molar-refractivity contribution < 1.29 is 0 Å². The number of pyridine rings is 1. The summed E-state index contributed by atoms with van der Waals surface area (Å²) in [5.41, 5.74) is 2.09. The van der Waals surface area contributed by atoms with Crippen LogP contribution in [-0.2, 0) is 6.54 Å². The molecule has 5 heteroatoms. The van der Waals surface area contributed by atoms with E-state index in [1.54, 1.807) is 0 Å². The minimum Gasteiger partial charge on any atom is -0.308 e. The first kappa shape index (κ1) is 10.4. The fraction of sp³-hybridized carbons (Fsp3) is 0.417. The standard InChI is InChI=1S/C12H15N5/c1-8-7-10(3-4-13-8)12-16-15-11-9(2)14-5-6-17(11)12/h3-4,7,9,14H,5-6H2,1-2H3. The smallest absolute Gasteiger partial charge is 0.164 e. The molecule has 1 atom stereocenters. The number of aromatic nitrogens is 4. The third kappa shape index (κ3) is 1.72. The van der Waals surface area contributed by atoms with Gasteiger partial charge in [-0.05, 0) is 26.0 Å². The van der Waals surface area contributed by atoms with Crippen molar-refractivity contribution in [1.82, 2.24) is 25.1 Å². The van der Waals surface area contributed by atoms with Gasteiger partial charge in [0.15, 0.2) is 5.82 Å². The Bertz CT molecular complexity index is 546. The Kier molecular flexibility index (Phi) is 2.40. The number of nitrogens with one attached hydrogen (secondary N) is 1. The lowest BCUT2D eigenvalue weighted by Crippen LogP contribution is -2.32. The van der Waals surface area contributed by atoms with Crippen molar-refractivity contribution in [2.75, 3.05) is 6.54 Å². The van der Waals surface area contributed by atoms with Crippen LogP contribution in [0.5, 0.6) is 0 Å². The van der Waals surface area contributed by atoms with E-state index in [0.29, 0.717) is 0 Å². The highest BCUT2D eigenvalue weighted by Gasteiger charge is 2.21. The van der Waals surface area contributed by atoms with Crippen LogP contribution in [0, 0.1) is 6.92 Å². The van der Waals surface area contributed by atoms with Crippen LogP contribution in [0.15, 0.2) is 18.3 Å². The van der Waals surface area contributed by atoms with E-state index in [0.717, 1.165) is 36.0 Å². The second-order valence-corrected chi connectivity index (χ2v) is 4.40. The van der Waals surface area contributed by atoms with Gasteiger partial charge in [0.1, 0.15) is 5.82 Å². The number of fused-ring (bicyclic) bond motifs is 1. The second-order valence-electron chi connectivity index (χ2n) is 4.40. The molecule has 0 saturated carbocycles. The van der Waals surface area contributed by atoms with Gasteiger partial charge in [-0.1, -0.05) is 0 Å². The van der Waals surface area contributed by atoms with Crippen LogP contribution in [0.4, 0.5) is 0 Å². The highest BCUT2D eigenvalue weighted by Crippen LogP contribution is 2.23. The van der Waals surface area contributed by atoms with Gasteiger partial charge in [-0.25, -0.2) is 0 Å². The van der Waals surface area contributed by atoms with Gasteiger partial charge < -0.3 is 9.88 Å². The third-order valence-electron chi connectivity index (χ3n) is 3.11. The van der Waals surface area contributed by atoms with Gasteiger partial charge in [0, 0.05) is 30.5 Å². The third-order valence-corrected chi connectivity index (χ3v) is 3.11. The molecule has 1 aliphatic heterocycles. The first-order valence-electron chi connectivity index (χ1n) is 5.85. The van der Waals surface area contributed by atoms with Gasteiger partial charge in [-0.2, -0.15) is 0 Å². The molecule has 0 saturated heterocycles. The molecule has 88 valence electrons. The maximum atomic E-state index is 4.30. The van der Waals surface area contributed by atoms with Crippen LogP contribution in [0.1, 0.15) is 24.5 Å². The van der Waals surface area contributed by atoms with E-state index in [1.807, 2.05) is 25.3 Å². The topological polar surface area (TPSA) is 55.6 Å². The quantitative estimate of drug-likeness (QED) is 0.801. The number of nitrogens with zero attached hydrogens (tertiary/aromatic N) is 4. The predicted molar refractivity (Wildman–Crippen MR) is 64.4 cm³/mol. The Morgan fingerprint density at radius 1 is 1.41 bits per heavy atom. The van der Waals surface area contributed by atoms with Gasteiger partial charge in [0.2, 0.25) is 0 Å². The van der Waals surface area contributed by atoms with Crippen molar-refractivity contribution in [1.29, 1.82) is 0 Å². The predicted octanol–water partition coefficient (Wildman–Crippen LogP) is 1.31. The van der Waals surface area contributed by atoms with Gasteiger partial charge in [-0.15, -0.1) is 10.2 Å². The van der Waals surface area contributed by atoms with Crippen LogP contribution < -0.4 is 5.32 Å². The molecule has 0 fully saturated rings. The first-order chi connectivity index (χ1) is 8.25. The van der Waals surface area contributed by atoms with Crippen molar-refractivity contribution >= 4 is 0 Å². The van der Waals surface area contributed by atoms with Gasteiger partial charge in [-0.3, -0.25) is 4.98 Å². The molecule has 0 aromatic carbocycles. The van der Waals surface area contributed by atoms with E-state index in [1.165, 1.54) is 0 Å². The molecule has 3 heterocycles. The monoisotopic (exact) mass is 229 g/mol. The molecule has 0 spiro atoms. The van der Waals surface area contributed by atoms with Crippen LogP contribution in [0.25, 0.3) is 11.4 Å². The molecule has 0 bridgehead atoms. The number of hydrogen-bond donors (Lipinski definition) is 1. The average Bonchev–Trinajstić information content (AvgIpc) is 2.74. The van der Waals surface area contributed by atoms with Gasteiger partial charge in [0.05, 0.1) is 6.04 Å². The lowest BCUT2D eigenvalue weighted by atomic mass is 10.2. The lowest BCUT2D eigenvalue weighted by molar-refractivity contribution is 0.439. The Balaban J connectivity index is 2.10. The maximum absolute atomic E-state index is 4.30. The van der Waals surface area contributed by atoms with E-state index in [2.05, 4.69) is 32.0 Å².